The number of hydrogen-bond acceptors (Lipinski definition) is 6. The molecular formula is C14H19N5S. The van der Waals surface area contributed by atoms with Crippen molar-refractivity contribution < 1.29 is 0 Å². The van der Waals surface area contributed by atoms with Gasteiger partial charge in [0.2, 0.25) is 5.95 Å². The van der Waals surface area contributed by atoms with Crippen LogP contribution >= 0.6 is 11.3 Å². The summed E-state index contributed by atoms with van der Waals surface area (Å²) >= 11 is 1.67. The number of fused-ring (bicyclic) bond motifs is 1. The first-order chi connectivity index (χ1) is 9.56. The average molecular weight is 289 g/mol. The lowest BCUT2D eigenvalue weighted by molar-refractivity contribution is 0.696. The Morgan fingerprint density at radius 3 is 2.90 bits per heavy atom. The van der Waals surface area contributed by atoms with Crippen LogP contribution in [0.1, 0.15) is 25.1 Å². The van der Waals surface area contributed by atoms with E-state index < -0.39 is 0 Å². The highest BCUT2D eigenvalue weighted by atomic mass is 32.1. The highest BCUT2D eigenvalue weighted by Gasteiger charge is 2.17. The number of rotatable bonds is 5. The molecule has 1 N–H and O–H groups in total. The molecule has 0 aliphatic rings. The van der Waals surface area contributed by atoms with Crippen molar-refractivity contribution in [2.24, 2.45) is 0 Å². The van der Waals surface area contributed by atoms with E-state index in [1.807, 2.05) is 20.9 Å². The van der Waals surface area contributed by atoms with Gasteiger partial charge in [-0.05, 0) is 26.8 Å². The Morgan fingerprint density at radius 1 is 1.50 bits per heavy atom. The van der Waals surface area contributed by atoms with E-state index in [0.717, 1.165) is 22.6 Å². The Balaban J connectivity index is 2.51. The monoisotopic (exact) mass is 289 g/mol. The van der Waals surface area contributed by atoms with E-state index in [4.69, 9.17) is 5.26 Å². The maximum Gasteiger partial charge on any atom is 0.226 e. The number of nitrogens with zero attached hydrogens (tertiary/aromatic N) is 4. The summed E-state index contributed by atoms with van der Waals surface area (Å²) in [6.07, 6.45) is 0.474. The summed E-state index contributed by atoms with van der Waals surface area (Å²) in [6.45, 7) is 6.91. The van der Waals surface area contributed by atoms with Gasteiger partial charge in [0.1, 0.15) is 10.6 Å². The normalized spacial score (nSPS) is 12.2. The second-order valence-corrected chi connectivity index (χ2v) is 6.03. The third-order valence-corrected chi connectivity index (χ3v) is 4.16. The van der Waals surface area contributed by atoms with E-state index in [1.54, 1.807) is 11.3 Å². The minimum absolute atomic E-state index is 0.118. The summed E-state index contributed by atoms with van der Waals surface area (Å²) in [4.78, 5) is 13.4. The third-order valence-electron chi connectivity index (χ3n) is 3.21. The van der Waals surface area contributed by atoms with Crippen LogP contribution in [0.15, 0.2) is 6.07 Å². The van der Waals surface area contributed by atoms with E-state index in [1.165, 1.54) is 4.88 Å². The van der Waals surface area contributed by atoms with E-state index in [9.17, 15) is 0 Å². The zero-order chi connectivity index (χ0) is 14.7. The Labute approximate surface area is 123 Å². The molecule has 5 nitrogen and oxygen atoms in total. The maximum absolute atomic E-state index is 8.87. The molecule has 0 radical (unpaired) electrons. The first-order valence-electron chi connectivity index (χ1n) is 6.68. The van der Waals surface area contributed by atoms with Gasteiger partial charge in [0, 0.05) is 24.5 Å². The van der Waals surface area contributed by atoms with Gasteiger partial charge in [-0.3, -0.25) is 0 Å². The van der Waals surface area contributed by atoms with Crippen LogP contribution in [0.25, 0.3) is 10.2 Å². The zero-order valence-electron chi connectivity index (χ0n) is 12.3. The number of aryl methyl sites for hydroxylation is 1. The van der Waals surface area contributed by atoms with Gasteiger partial charge in [-0.25, -0.2) is 4.98 Å². The quantitative estimate of drug-likeness (QED) is 0.916. The molecular weight excluding hydrogens is 270 g/mol. The van der Waals surface area contributed by atoms with Crippen molar-refractivity contribution in [3.63, 3.8) is 0 Å². The van der Waals surface area contributed by atoms with Crippen LogP contribution in [0.4, 0.5) is 11.8 Å². The molecule has 0 spiro atoms. The summed E-state index contributed by atoms with van der Waals surface area (Å²) in [5, 5.41) is 13.1. The maximum atomic E-state index is 8.87. The molecule has 0 aliphatic heterocycles. The molecule has 2 heterocycles. The Hall–Kier alpha value is -1.87. The zero-order valence-corrected chi connectivity index (χ0v) is 13.1. The van der Waals surface area contributed by atoms with Crippen molar-refractivity contribution in [3.05, 3.63) is 10.9 Å². The Morgan fingerprint density at radius 2 is 2.25 bits per heavy atom. The molecule has 20 heavy (non-hydrogen) atoms. The van der Waals surface area contributed by atoms with E-state index in [0.29, 0.717) is 12.4 Å². The first-order valence-corrected chi connectivity index (χ1v) is 7.50. The number of nitriles is 1. The highest BCUT2D eigenvalue weighted by molar-refractivity contribution is 7.18. The third kappa shape index (κ3) is 2.83. The van der Waals surface area contributed by atoms with E-state index in [-0.39, 0.29) is 6.04 Å². The largest absolute Gasteiger partial charge is 0.355 e. The molecule has 0 saturated heterocycles. The molecule has 106 valence electrons. The molecule has 2 aromatic rings. The lowest BCUT2D eigenvalue weighted by Crippen LogP contribution is -2.29. The van der Waals surface area contributed by atoms with Gasteiger partial charge in [-0.2, -0.15) is 10.2 Å². The summed E-state index contributed by atoms with van der Waals surface area (Å²) in [5.41, 5.74) is 0. The molecule has 0 bridgehead atoms. The second kappa shape index (κ2) is 6.06. The van der Waals surface area contributed by atoms with Gasteiger partial charge in [-0.15, -0.1) is 11.3 Å². The van der Waals surface area contributed by atoms with Gasteiger partial charge in [0.15, 0.2) is 0 Å². The fourth-order valence-electron chi connectivity index (χ4n) is 2.01. The van der Waals surface area contributed by atoms with Crippen LogP contribution in [0, 0.1) is 18.3 Å². The van der Waals surface area contributed by atoms with Crippen molar-refractivity contribution in [2.45, 2.75) is 33.2 Å². The van der Waals surface area contributed by atoms with Crippen molar-refractivity contribution >= 4 is 33.3 Å². The molecule has 0 amide bonds. The fourth-order valence-corrected chi connectivity index (χ4v) is 2.88. The van der Waals surface area contributed by atoms with Crippen LogP contribution in [0.5, 0.6) is 0 Å². The van der Waals surface area contributed by atoms with E-state index in [2.05, 4.69) is 39.2 Å². The number of aromatic nitrogens is 2. The molecule has 1 unspecified atom stereocenters. The average Bonchev–Trinajstić information content (AvgIpc) is 2.78. The van der Waals surface area contributed by atoms with Gasteiger partial charge >= 0.3 is 0 Å². The standard InChI is InChI=1S/C14H19N5S/c1-5-16-14-17-12(19(4)9(2)6-7-15)11-8-10(3)20-13(11)18-14/h8-9H,5-6H2,1-4H3,(H,16,17,18). The number of anilines is 2. The SMILES string of the molecule is CCNc1nc(N(C)C(C)CC#N)c2cc(C)sc2n1. The number of nitrogens with one attached hydrogen (secondary N) is 1. The summed E-state index contributed by atoms with van der Waals surface area (Å²) in [5.74, 6) is 1.53. The Bertz CT molecular complexity index is 643. The van der Waals surface area contributed by atoms with Crippen molar-refractivity contribution in [1.82, 2.24) is 9.97 Å². The van der Waals surface area contributed by atoms with Crippen molar-refractivity contribution in [1.29, 1.82) is 5.26 Å². The van der Waals surface area contributed by atoms with Crippen LogP contribution in [0.3, 0.4) is 0 Å². The molecule has 1 atom stereocenters. The van der Waals surface area contributed by atoms with Crippen LogP contribution in [0.2, 0.25) is 0 Å². The minimum Gasteiger partial charge on any atom is -0.355 e. The lowest BCUT2D eigenvalue weighted by Gasteiger charge is -2.25. The van der Waals surface area contributed by atoms with Crippen molar-refractivity contribution in [2.75, 3.05) is 23.8 Å². The van der Waals surface area contributed by atoms with Crippen LogP contribution < -0.4 is 10.2 Å². The molecule has 0 fully saturated rings. The van der Waals surface area contributed by atoms with Gasteiger partial charge in [-0.1, -0.05) is 0 Å². The smallest absolute Gasteiger partial charge is 0.226 e. The number of thiophene rings is 1. The molecule has 0 aromatic carbocycles. The molecule has 0 saturated carbocycles. The van der Waals surface area contributed by atoms with Crippen LogP contribution in [-0.2, 0) is 0 Å². The number of hydrogen-bond donors (Lipinski definition) is 1. The molecule has 2 aromatic heterocycles. The predicted octanol–water partition coefficient (Wildman–Crippen LogP) is 3.17. The first kappa shape index (κ1) is 14.5. The van der Waals surface area contributed by atoms with Gasteiger partial charge in [0.05, 0.1) is 17.9 Å². The minimum atomic E-state index is 0.118. The predicted molar refractivity (Wildman–Crippen MR) is 84.4 cm³/mol. The van der Waals surface area contributed by atoms with Gasteiger partial charge < -0.3 is 10.2 Å². The topological polar surface area (TPSA) is 64.8 Å². The summed E-state index contributed by atoms with van der Waals surface area (Å²) in [6, 6.07) is 4.44. The molecule has 6 heteroatoms. The second-order valence-electron chi connectivity index (χ2n) is 4.80. The fraction of sp³-hybridized carbons (Fsp3) is 0.500. The summed E-state index contributed by atoms with van der Waals surface area (Å²) < 4.78 is 0. The highest BCUT2D eigenvalue weighted by Crippen LogP contribution is 2.32. The molecule has 0 aliphatic carbocycles. The van der Waals surface area contributed by atoms with Crippen molar-refractivity contribution in [3.8, 4) is 6.07 Å². The van der Waals surface area contributed by atoms with E-state index >= 15 is 0 Å². The van der Waals surface area contributed by atoms with Crippen LogP contribution in [-0.4, -0.2) is 29.6 Å². The van der Waals surface area contributed by atoms with Gasteiger partial charge in [0.25, 0.3) is 0 Å². The molecule has 2 rings (SSSR count). The lowest BCUT2D eigenvalue weighted by atomic mass is 10.2. The summed E-state index contributed by atoms with van der Waals surface area (Å²) in [7, 11) is 1.98. The Kier molecular flexibility index (Phi) is 4.40.